The fourth-order valence-electron chi connectivity index (χ4n) is 5.04. The quantitative estimate of drug-likeness (QED) is 0.164. The zero-order valence-electron chi connectivity index (χ0n) is 23.3. The summed E-state index contributed by atoms with van der Waals surface area (Å²) in [4.78, 5) is 36.7. The van der Waals surface area contributed by atoms with Crippen LogP contribution in [0.3, 0.4) is 0 Å². The Bertz CT molecular complexity index is 1830. The zero-order chi connectivity index (χ0) is 29.9. The molecular formula is C38H24O2S4. The van der Waals surface area contributed by atoms with Gasteiger partial charge in [0.05, 0.1) is 0 Å². The van der Waals surface area contributed by atoms with E-state index >= 15 is 0 Å². The highest BCUT2D eigenvalue weighted by Gasteiger charge is 2.35. The molecule has 0 heterocycles. The van der Waals surface area contributed by atoms with Crippen LogP contribution in [0.4, 0.5) is 0 Å². The van der Waals surface area contributed by atoms with E-state index in [9.17, 15) is 9.59 Å². The molecule has 0 bridgehead atoms. The monoisotopic (exact) mass is 640 g/mol. The van der Waals surface area contributed by atoms with Crippen LogP contribution in [0, 0.1) is 0 Å². The van der Waals surface area contributed by atoms with Crippen molar-refractivity contribution in [2.75, 3.05) is 0 Å². The van der Waals surface area contributed by atoms with Crippen molar-refractivity contribution in [2.45, 2.75) is 39.2 Å². The summed E-state index contributed by atoms with van der Waals surface area (Å²) in [5.74, 6) is -0.232. The van der Waals surface area contributed by atoms with E-state index in [0.717, 1.165) is 39.2 Å². The summed E-state index contributed by atoms with van der Waals surface area (Å²) in [6, 6.07) is 48.1. The minimum Gasteiger partial charge on any atom is -0.289 e. The molecule has 0 saturated heterocycles. The first-order valence-corrected chi connectivity index (χ1v) is 17.3. The van der Waals surface area contributed by atoms with Gasteiger partial charge in [-0.25, -0.2) is 0 Å². The molecule has 0 N–H and O–H groups in total. The van der Waals surface area contributed by atoms with Crippen LogP contribution >= 0.6 is 47.0 Å². The third kappa shape index (κ3) is 6.17. The standard InChI is InChI=1S/C38H24O2S4/c39-37-31-21-29(41-25-13-5-1-6-14-25)23-33(43-27-17-9-3-10-18-27)35(31)38(40)32-22-30(42-26-15-7-2-8-16-26)24-34(36(32)37)44-28-19-11-4-12-20-28/h1-24H. The highest BCUT2D eigenvalue weighted by Crippen LogP contribution is 2.45. The van der Waals surface area contributed by atoms with Crippen molar-refractivity contribution >= 4 is 58.6 Å². The van der Waals surface area contributed by atoms with Gasteiger partial charge in [-0.05, 0) is 72.8 Å². The van der Waals surface area contributed by atoms with E-state index in [1.807, 2.05) is 121 Å². The van der Waals surface area contributed by atoms with Crippen molar-refractivity contribution in [2.24, 2.45) is 0 Å². The Morgan fingerprint density at radius 3 is 0.932 bits per heavy atom. The molecule has 0 spiro atoms. The maximum Gasteiger partial charge on any atom is 0.195 e. The van der Waals surface area contributed by atoms with E-state index in [-0.39, 0.29) is 11.6 Å². The Balaban J connectivity index is 1.39. The van der Waals surface area contributed by atoms with E-state index < -0.39 is 0 Å². The maximum absolute atomic E-state index is 14.6. The molecule has 0 saturated carbocycles. The molecule has 0 amide bonds. The molecule has 0 atom stereocenters. The van der Waals surface area contributed by atoms with E-state index in [0.29, 0.717) is 22.3 Å². The van der Waals surface area contributed by atoms with E-state index in [1.165, 1.54) is 23.5 Å². The van der Waals surface area contributed by atoms with E-state index in [4.69, 9.17) is 0 Å². The third-order valence-corrected chi connectivity index (χ3v) is 11.1. The van der Waals surface area contributed by atoms with Gasteiger partial charge in [0, 0.05) is 61.4 Å². The van der Waals surface area contributed by atoms with Crippen molar-refractivity contribution in [3.05, 3.63) is 168 Å². The summed E-state index contributed by atoms with van der Waals surface area (Å²) in [5.41, 5.74) is 1.87. The smallest absolute Gasteiger partial charge is 0.195 e. The van der Waals surface area contributed by atoms with Gasteiger partial charge < -0.3 is 0 Å². The number of rotatable bonds is 8. The Morgan fingerprint density at radius 2 is 0.614 bits per heavy atom. The summed E-state index contributed by atoms with van der Waals surface area (Å²) in [5, 5.41) is 0. The maximum atomic E-state index is 14.6. The van der Waals surface area contributed by atoms with Crippen molar-refractivity contribution in [3.8, 4) is 0 Å². The zero-order valence-corrected chi connectivity index (χ0v) is 26.6. The van der Waals surface area contributed by atoms with Crippen molar-refractivity contribution < 1.29 is 9.59 Å². The fraction of sp³-hybridized carbons (Fsp3) is 0. The number of carbonyl (C=O) groups is 2. The largest absolute Gasteiger partial charge is 0.289 e. The summed E-state index contributed by atoms with van der Waals surface area (Å²) in [6.45, 7) is 0. The summed E-state index contributed by atoms with van der Waals surface area (Å²) >= 11 is 6.24. The van der Waals surface area contributed by atoms with E-state index in [2.05, 4.69) is 24.3 Å². The fourth-order valence-corrected chi connectivity index (χ4v) is 9.10. The molecule has 2 nitrogen and oxygen atoms in total. The lowest BCUT2D eigenvalue weighted by Gasteiger charge is -2.24. The van der Waals surface area contributed by atoms with Gasteiger partial charge in [0.15, 0.2) is 11.6 Å². The second kappa shape index (κ2) is 13.0. The first-order chi connectivity index (χ1) is 21.6. The van der Waals surface area contributed by atoms with Gasteiger partial charge in [-0.1, -0.05) is 120 Å². The van der Waals surface area contributed by atoms with Crippen molar-refractivity contribution in [1.29, 1.82) is 0 Å². The van der Waals surface area contributed by atoms with Crippen LogP contribution in [-0.4, -0.2) is 11.6 Å². The van der Waals surface area contributed by atoms with Crippen LogP contribution in [0.25, 0.3) is 0 Å². The lowest BCUT2D eigenvalue weighted by molar-refractivity contribution is 0.0974. The number of carbonyl (C=O) groups excluding carboxylic acids is 2. The lowest BCUT2D eigenvalue weighted by atomic mass is 9.84. The average Bonchev–Trinajstić information content (AvgIpc) is 3.05. The molecule has 6 aromatic rings. The topological polar surface area (TPSA) is 34.1 Å². The summed E-state index contributed by atoms with van der Waals surface area (Å²) in [6.07, 6.45) is 0. The van der Waals surface area contributed by atoms with Crippen LogP contribution < -0.4 is 0 Å². The normalized spacial score (nSPS) is 12.1. The predicted octanol–water partition coefficient (Wildman–Crippen LogP) is 11.1. The third-order valence-electron chi connectivity index (χ3n) is 6.99. The number of fused-ring (bicyclic) bond motifs is 2. The molecule has 0 fully saturated rings. The van der Waals surface area contributed by atoms with Gasteiger partial charge in [0.2, 0.25) is 0 Å². The Morgan fingerprint density at radius 1 is 0.318 bits per heavy atom. The van der Waals surface area contributed by atoms with Gasteiger partial charge in [-0.15, -0.1) is 0 Å². The molecule has 0 aromatic heterocycles. The minimum atomic E-state index is -0.116. The first kappa shape index (κ1) is 28.8. The van der Waals surface area contributed by atoms with Gasteiger partial charge >= 0.3 is 0 Å². The average molecular weight is 641 g/mol. The molecule has 0 radical (unpaired) electrons. The van der Waals surface area contributed by atoms with Gasteiger partial charge in [-0.2, -0.15) is 0 Å². The SMILES string of the molecule is O=C1c2cc(Sc3ccccc3)cc(Sc3ccccc3)c2C(=O)c2cc(Sc3ccccc3)cc(Sc3ccccc3)c21. The molecule has 0 unspecified atom stereocenters. The number of benzene rings is 6. The molecule has 1 aliphatic rings. The molecule has 6 heteroatoms. The highest BCUT2D eigenvalue weighted by molar-refractivity contribution is 8.00. The van der Waals surface area contributed by atoms with Crippen molar-refractivity contribution in [3.63, 3.8) is 0 Å². The summed E-state index contributed by atoms with van der Waals surface area (Å²) in [7, 11) is 0. The van der Waals surface area contributed by atoms with Crippen molar-refractivity contribution in [1.82, 2.24) is 0 Å². The predicted molar refractivity (Wildman–Crippen MR) is 182 cm³/mol. The molecule has 212 valence electrons. The molecular weight excluding hydrogens is 617 g/mol. The van der Waals surface area contributed by atoms with Crippen LogP contribution in [0.1, 0.15) is 31.8 Å². The number of ketones is 2. The van der Waals surface area contributed by atoms with Crippen LogP contribution in [0.15, 0.2) is 185 Å². The van der Waals surface area contributed by atoms with Gasteiger partial charge in [-0.3, -0.25) is 9.59 Å². The second-order valence-corrected chi connectivity index (χ2v) is 14.5. The molecule has 0 aliphatic heterocycles. The molecule has 1 aliphatic carbocycles. The first-order valence-electron chi connectivity index (χ1n) is 14.0. The second-order valence-electron chi connectivity index (χ2n) is 10.0. The Kier molecular flexibility index (Phi) is 8.49. The Labute approximate surface area is 273 Å². The molecule has 7 rings (SSSR count). The summed E-state index contributed by atoms with van der Waals surface area (Å²) < 4.78 is 0. The molecule has 44 heavy (non-hydrogen) atoms. The lowest BCUT2D eigenvalue weighted by Crippen LogP contribution is -2.23. The van der Waals surface area contributed by atoms with Crippen LogP contribution in [0.5, 0.6) is 0 Å². The van der Waals surface area contributed by atoms with Crippen LogP contribution in [-0.2, 0) is 0 Å². The highest BCUT2D eigenvalue weighted by atomic mass is 32.2. The molecule has 6 aromatic carbocycles. The van der Waals surface area contributed by atoms with E-state index in [1.54, 1.807) is 23.5 Å². The minimum absolute atomic E-state index is 0.116. The van der Waals surface area contributed by atoms with Gasteiger partial charge in [0.25, 0.3) is 0 Å². The number of hydrogen-bond donors (Lipinski definition) is 0. The van der Waals surface area contributed by atoms with Gasteiger partial charge in [0.1, 0.15) is 0 Å². The Hall–Kier alpha value is -3.94. The number of hydrogen-bond acceptors (Lipinski definition) is 6. The van der Waals surface area contributed by atoms with Crippen LogP contribution in [0.2, 0.25) is 0 Å².